The molecule has 2 aromatic rings. The first kappa shape index (κ1) is 19.7. The number of nitrogens with zero attached hydrogens (tertiary/aromatic N) is 2. The summed E-state index contributed by atoms with van der Waals surface area (Å²) in [5.74, 6) is -0.588. The third-order valence-corrected chi connectivity index (χ3v) is 4.63. The second-order valence-corrected chi connectivity index (χ2v) is 7.24. The summed E-state index contributed by atoms with van der Waals surface area (Å²) in [6.45, 7) is 8.34. The van der Waals surface area contributed by atoms with Gasteiger partial charge in [0.05, 0.1) is 11.8 Å². The molecule has 1 N–H and O–H groups in total. The molecule has 1 heterocycles. The molecule has 6 nitrogen and oxygen atoms in total. The maximum Gasteiger partial charge on any atom is 0.314 e. The highest BCUT2D eigenvalue weighted by molar-refractivity contribution is 6.39. The zero-order valence-electron chi connectivity index (χ0n) is 16.6. The number of nitrogens with one attached hydrogen (secondary N) is 1. The Morgan fingerprint density at radius 2 is 1.71 bits per heavy atom. The number of anilines is 2. The molecule has 0 bridgehead atoms. The Hall–Kier alpha value is -3.02. The number of hydrogen-bond acceptors (Lipinski definition) is 4. The standard InChI is InChI=1S/C22H27N3O3/c1-16(2)28-20-10-5-4-9-19(20)23-21(26)22(27)25-13-11-24(12-14-25)18-8-6-7-17(3)15-18/h4-10,15-16H,11-14H2,1-3H3,(H,23,26). The normalized spacial score (nSPS) is 14.1. The van der Waals surface area contributed by atoms with E-state index in [2.05, 4.69) is 35.3 Å². The summed E-state index contributed by atoms with van der Waals surface area (Å²) in [6.07, 6.45) is -0.0246. The van der Waals surface area contributed by atoms with E-state index in [1.165, 1.54) is 5.56 Å². The van der Waals surface area contributed by atoms with Crippen molar-refractivity contribution in [3.8, 4) is 5.75 Å². The fraction of sp³-hybridized carbons (Fsp3) is 0.364. The summed E-state index contributed by atoms with van der Waals surface area (Å²) in [4.78, 5) is 28.9. The van der Waals surface area contributed by atoms with Gasteiger partial charge < -0.3 is 19.9 Å². The van der Waals surface area contributed by atoms with E-state index in [9.17, 15) is 9.59 Å². The van der Waals surface area contributed by atoms with Gasteiger partial charge in [0, 0.05) is 31.9 Å². The van der Waals surface area contributed by atoms with E-state index >= 15 is 0 Å². The Balaban J connectivity index is 1.59. The molecular formula is C22H27N3O3. The molecule has 2 amide bonds. The van der Waals surface area contributed by atoms with Crippen LogP contribution in [0.3, 0.4) is 0 Å². The van der Waals surface area contributed by atoms with Crippen molar-refractivity contribution in [1.82, 2.24) is 4.90 Å². The smallest absolute Gasteiger partial charge is 0.314 e. The number of carbonyl (C=O) groups excluding carboxylic acids is 2. The Morgan fingerprint density at radius 3 is 2.39 bits per heavy atom. The van der Waals surface area contributed by atoms with Crippen molar-refractivity contribution in [2.75, 3.05) is 36.4 Å². The minimum absolute atomic E-state index is 0.0246. The van der Waals surface area contributed by atoms with Crippen LogP contribution in [0.1, 0.15) is 19.4 Å². The highest BCUT2D eigenvalue weighted by Crippen LogP contribution is 2.25. The molecule has 6 heteroatoms. The van der Waals surface area contributed by atoms with Crippen molar-refractivity contribution in [3.63, 3.8) is 0 Å². The van der Waals surface area contributed by atoms with Crippen molar-refractivity contribution < 1.29 is 14.3 Å². The van der Waals surface area contributed by atoms with Crippen LogP contribution in [0.25, 0.3) is 0 Å². The van der Waals surface area contributed by atoms with E-state index in [4.69, 9.17) is 4.74 Å². The van der Waals surface area contributed by atoms with Crippen LogP contribution in [0.4, 0.5) is 11.4 Å². The molecule has 0 aliphatic carbocycles. The first-order chi connectivity index (χ1) is 13.4. The van der Waals surface area contributed by atoms with E-state index in [1.807, 2.05) is 26.0 Å². The average Bonchev–Trinajstić information content (AvgIpc) is 2.68. The van der Waals surface area contributed by atoms with E-state index in [0.717, 1.165) is 5.69 Å². The Bertz CT molecular complexity index is 842. The second-order valence-electron chi connectivity index (χ2n) is 7.24. The number of carbonyl (C=O) groups is 2. The molecule has 0 saturated carbocycles. The average molecular weight is 381 g/mol. The van der Waals surface area contributed by atoms with Crippen molar-refractivity contribution in [3.05, 3.63) is 54.1 Å². The van der Waals surface area contributed by atoms with Crippen LogP contribution >= 0.6 is 0 Å². The number of rotatable bonds is 4. The number of aryl methyl sites for hydroxylation is 1. The Labute approximate surface area is 166 Å². The molecule has 3 rings (SSSR count). The van der Waals surface area contributed by atoms with Crippen LogP contribution in [-0.2, 0) is 9.59 Å². The molecule has 1 aliphatic rings. The zero-order valence-corrected chi connectivity index (χ0v) is 16.6. The summed E-state index contributed by atoms with van der Waals surface area (Å²) in [5, 5.41) is 2.69. The lowest BCUT2D eigenvalue weighted by Crippen LogP contribution is -2.51. The summed E-state index contributed by atoms with van der Waals surface area (Å²) in [5.41, 5.74) is 2.86. The SMILES string of the molecule is Cc1cccc(N2CCN(C(=O)C(=O)Nc3ccccc3OC(C)C)CC2)c1. The van der Waals surface area contributed by atoms with Gasteiger partial charge in [0.2, 0.25) is 0 Å². The lowest BCUT2D eigenvalue weighted by molar-refractivity contribution is -0.143. The van der Waals surface area contributed by atoms with Gasteiger partial charge in [-0.05, 0) is 50.6 Å². The van der Waals surface area contributed by atoms with Gasteiger partial charge in [-0.3, -0.25) is 9.59 Å². The van der Waals surface area contributed by atoms with Gasteiger partial charge in [0.25, 0.3) is 0 Å². The topological polar surface area (TPSA) is 61.9 Å². The van der Waals surface area contributed by atoms with Crippen LogP contribution in [0.2, 0.25) is 0 Å². The number of piperazine rings is 1. The predicted octanol–water partition coefficient (Wildman–Crippen LogP) is 3.07. The molecule has 2 aromatic carbocycles. The minimum Gasteiger partial charge on any atom is -0.489 e. The molecule has 148 valence electrons. The van der Waals surface area contributed by atoms with E-state index in [-0.39, 0.29) is 6.10 Å². The molecule has 0 atom stereocenters. The van der Waals surface area contributed by atoms with Crippen LogP contribution in [0, 0.1) is 6.92 Å². The second kappa shape index (κ2) is 8.78. The summed E-state index contributed by atoms with van der Waals surface area (Å²) in [7, 11) is 0. The fourth-order valence-electron chi connectivity index (χ4n) is 3.24. The van der Waals surface area contributed by atoms with E-state index < -0.39 is 11.8 Å². The lowest BCUT2D eigenvalue weighted by atomic mass is 10.2. The molecule has 1 fully saturated rings. The highest BCUT2D eigenvalue weighted by atomic mass is 16.5. The van der Waals surface area contributed by atoms with Gasteiger partial charge in [-0.15, -0.1) is 0 Å². The molecule has 0 aromatic heterocycles. The first-order valence-electron chi connectivity index (χ1n) is 9.61. The zero-order chi connectivity index (χ0) is 20.1. The molecule has 0 unspecified atom stereocenters. The maximum atomic E-state index is 12.6. The molecule has 28 heavy (non-hydrogen) atoms. The molecule has 0 spiro atoms. The number of amides is 2. The van der Waals surface area contributed by atoms with Gasteiger partial charge in [-0.2, -0.15) is 0 Å². The van der Waals surface area contributed by atoms with Crippen LogP contribution < -0.4 is 15.0 Å². The van der Waals surface area contributed by atoms with Gasteiger partial charge in [0.1, 0.15) is 5.75 Å². The predicted molar refractivity (Wildman–Crippen MR) is 111 cm³/mol. The number of benzene rings is 2. The van der Waals surface area contributed by atoms with Gasteiger partial charge in [-0.1, -0.05) is 24.3 Å². The summed E-state index contributed by atoms with van der Waals surface area (Å²) >= 11 is 0. The van der Waals surface area contributed by atoms with Gasteiger partial charge >= 0.3 is 11.8 Å². The van der Waals surface area contributed by atoms with Crippen molar-refractivity contribution >= 4 is 23.2 Å². The number of hydrogen-bond donors (Lipinski definition) is 1. The van der Waals surface area contributed by atoms with Crippen LogP contribution in [0.15, 0.2) is 48.5 Å². The Kier molecular flexibility index (Phi) is 6.19. The molecule has 1 aliphatic heterocycles. The number of para-hydroxylation sites is 2. The largest absolute Gasteiger partial charge is 0.489 e. The molecule has 0 radical (unpaired) electrons. The van der Waals surface area contributed by atoms with E-state index in [1.54, 1.807) is 23.1 Å². The first-order valence-corrected chi connectivity index (χ1v) is 9.61. The Morgan fingerprint density at radius 1 is 1.00 bits per heavy atom. The van der Waals surface area contributed by atoms with Crippen molar-refractivity contribution in [1.29, 1.82) is 0 Å². The van der Waals surface area contributed by atoms with Gasteiger partial charge in [0.15, 0.2) is 0 Å². The van der Waals surface area contributed by atoms with Crippen molar-refractivity contribution in [2.24, 2.45) is 0 Å². The maximum absolute atomic E-state index is 12.6. The third kappa shape index (κ3) is 4.82. The van der Waals surface area contributed by atoms with Gasteiger partial charge in [-0.25, -0.2) is 0 Å². The fourth-order valence-corrected chi connectivity index (χ4v) is 3.24. The van der Waals surface area contributed by atoms with Crippen molar-refractivity contribution in [2.45, 2.75) is 26.9 Å². The molecule has 1 saturated heterocycles. The highest BCUT2D eigenvalue weighted by Gasteiger charge is 2.26. The van der Waals surface area contributed by atoms with Crippen LogP contribution in [0.5, 0.6) is 5.75 Å². The summed E-state index contributed by atoms with van der Waals surface area (Å²) < 4.78 is 5.70. The lowest BCUT2D eigenvalue weighted by Gasteiger charge is -2.35. The van der Waals surface area contributed by atoms with E-state index in [0.29, 0.717) is 37.6 Å². The third-order valence-electron chi connectivity index (χ3n) is 4.63. The van der Waals surface area contributed by atoms with Crippen LogP contribution in [-0.4, -0.2) is 49.0 Å². The summed E-state index contributed by atoms with van der Waals surface area (Å²) in [6, 6.07) is 15.5. The monoisotopic (exact) mass is 381 g/mol. The number of ether oxygens (including phenoxy) is 1. The quantitative estimate of drug-likeness (QED) is 0.827. The molecular weight excluding hydrogens is 354 g/mol. The minimum atomic E-state index is -0.635.